The lowest BCUT2D eigenvalue weighted by Gasteiger charge is -2.13. The topological polar surface area (TPSA) is 26.3 Å². The molecule has 0 heterocycles. The van der Waals surface area contributed by atoms with Crippen molar-refractivity contribution >= 4 is 17.4 Å². The SMILES string of the molecule is CC(OCc1ccc(Cl)cc1)C(=O)c1ccc(F)cc1F. The molecule has 21 heavy (non-hydrogen) atoms. The first kappa shape index (κ1) is 15.6. The normalized spacial score (nSPS) is 12.2. The lowest BCUT2D eigenvalue weighted by molar-refractivity contribution is 0.0408. The van der Waals surface area contributed by atoms with Gasteiger partial charge in [-0.1, -0.05) is 23.7 Å². The van der Waals surface area contributed by atoms with Crippen LogP contribution in [-0.2, 0) is 11.3 Å². The third-order valence-corrected chi connectivity index (χ3v) is 3.23. The van der Waals surface area contributed by atoms with E-state index in [9.17, 15) is 13.6 Å². The molecule has 5 heteroatoms. The molecule has 0 aliphatic rings. The molecule has 0 bridgehead atoms. The van der Waals surface area contributed by atoms with Crippen LogP contribution in [0.1, 0.15) is 22.8 Å². The fourth-order valence-electron chi connectivity index (χ4n) is 1.79. The minimum absolute atomic E-state index is 0.181. The van der Waals surface area contributed by atoms with E-state index in [1.807, 2.05) is 0 Å². The van der Waals surface area contributed by atoms with E-state index in [4.69, 9.17) is 16.3 Å². The molecule has 0 saturated heterocycles. The summed E-state index contributed by atoms with van der Waals surface area (Å²) in [5, 5.41) is 0.608. The highest BCUT2D eigenvalue weighted by Gasteiger charge is 2.19. The molecular weight excluding hydrogens is 298 g/mol. The quantitative estimate of drug-likeness (QED) is 0.765. The van der Waals surface area contributed by atoms with Crippen molar-refractivity contribution in [2.24, 2.45) is 0 Å². The van der Waals surface area contributed by atoms with Crippen molar-refractivity contribution in [3.63, 3.8) is 0 Å². The molecule has 2 rings (SSSR count). The number of rotatable bonds is 5. The Balaban J connectivity index is 2.00. The number of benzene rings is 2. The van der Waals surface area contributed by atoms with Gasteiger partial charge >= 0.3 is 0 Å². The third kappa shape index (κ3) is 4.09. The van der Waals surface area contributed by atoms with Crippen LogP contribution in [0.3, 0.4) is 0 Å². The Hall–Kier alpha value is -1.78. The van der Waals surface area contributed by atoms with Crippen molar-refractivity contribution in [2.75, 3.05) is 0 Å². The highest BCUT2D eigenvalue weighted by atomic mass is 35.5. The molecule has 0 aromatic heterocycles. The van der Waals surface area contributed by atoms with Gasteiger partial charge in [0.2, 0.25) is 0 Å². The number of ketones is 1. The van der Waals surface area contributed by atoms with E-state index in [0.717, 1.165) is 17.7 Å². The summed E-state index contributed by atoms with van der Waals surface area (Å²) in [6.45, 7) is 1.73. The third-order valence-electron chi connectivity index (χ3n) is 2.98. The van der Waals surface area contributed by atoms with Gasteiger partial charge < -0.3 is 4.74 Å². The van der Waals surface area contributed by atoms with Gasteiger partial charge in [0.1, 0.15) is 17.7 Å². The van der Waals surface area contributed by atoms with Gasteiger partial charge in [-0.2, -0.15) is 0 Å². The molecule has 0 fully saturated rings. The van der Waals surface area contributed by atoms with E-state index in [1.165, 1.54) is 6.92 Å². The van der Waals surface area contributed by atoms with Crippen LogP contribution in [0.4, 0.5) is 8.78 Å². The molecule has 0 saturated carbocycles. The predicted molar refractivity (Wildman–Crippen MR) is 76.4 cm³/mol. The minimum atomic E-state index is -0.887. The molecule has 0 amide bonds. The number of carbonyl (C=O) groups is 1. The summed E-state index contributed by atoms with van der Waals surface area (Å²) in [5.41, 5.74) is 0.665. The molecule has 0 aliphatic carbocycles. The maximum absolute atomic E-state index is 13.5. The zero-order valence-electron chi connectivity index (χ0n) is 11.3. The number of halogens is 3. The van der Waals surface area contributed by atoms with Crippen molar-refractivity contribution in [3.05, 3.63) is 70.2 Å². The molecule has 110 valence electrons. The maximum atomic E-state index is 13.5. The van der Waals surface area contributed by atoms with Gasteiger partial charge in [0.15, 0.2) is 5.78 Å². The van der Waals surface area contributed by atoms with E-state index >= 15 is 0 Å². The van der Waals surface area contributed by atoms with Crippen LogP contribution in [0.25, 0.3) is 0 Å². The summed E-state index contributed by atoms with van der Waals surface area (Å²) < 4.78 is 31.8. The summed E-state index contributed by atoms with van der Waals surface area (Å²) in [6.07, 6.45) is -0.833. The van der Waals surface area contributed by atoms with Crippen LogP contribution in [-0.4, -0.2) is 11.9 Å². The zero-order valence-corrected chi connectivity index (χ0v) is 12.0. The van der Waals surface area contributed by atoms with E-state index in [2.05, 4.69) is 0 Å². The number of hydrogen-bond acceptors (Lipinski definition) is 2. The Morgan fingerprint density at radius 3 is 2.48 bits per heavy atom. The van der Waals surface area contributed by atoms with E-state index in [0.29, 0.717) is 11.1 Å². The minimum Gasteiger partial charge on any atom is -0.366 e. The smallest absolute Gasteiger partial charge is 0.194 e. The summed E-state index contributed by atoms with van der Waals surface area (Å²) >= 11 is 5.77. The summed E-state index contributed by atoms with van der Waals surface area (Å²) in [6, 6.07) is 9.82. The highest BCUT2D eigenvalue weighted by molar-refractivity contribution is 6.30. The maximum Gasteiger partial charge on any atom is 0.194 e. The van der Waals surface area contributed by atoms with Gasteiger partial charge in [-0.25, -0.2) is 8.78 Å². The number of hydrogen-bond donors (Lipinski definition) is 0. The molecular formula is C16H13ClF2O2. The summed E-state index contributed by atoms with van der Waals surface area (Å²) in [5.74, 6) is -2.14. The number of Topliss-reactive ketones (excluding diaryl/α,β-unsaturated/α-hetero) is 1. The number of carbonyl (C=O) groups excluding carboxylic acids is 1. The molecule has 0 radical (unpaired) electrons. The standard InChI is InChI=1S/C16H13ClF2O2/c1-10(21-9-11-2-4-12(17)5-3-11)16(20)14-7-6-13(18)8-15(14)19/h2-8,10H,9H2,1H3. The van der Waals surface area contributed by atoms with E-state index in [-0.39, 0.29) is 12.2 Å². The van der Waals surface area contributed by atoms with Crippen molar-refractivity contribution in [1.82, 2.24) is 0 Å². The van der Waals surface area contributed by atoms with E-state index in [1.54, 1.807) is 24.3 Å². The average Bonchev–Trinajstić information content (AvgIpc) is 2.45. The first-order valence-corrected chi connectivity index (χ1v) is 6.70. The zero-order chi connectivity index (χ0) is 15.4. The van der Waals surface area contributed by atoms with Crippen LogP contribution in [0.5, 0.6) is 0 Å². The van der Waals surface area contributed by atoms with Crippen LogP contribution in [0, 0.1) is 11.6 Å². The second-order valence-electron chi connectivity index (χ2n) is 4.57. The number of ether oxygens (including phenoxy) is 1. The van der Waals surface area contributed by atoms with Crippen molar-refractivity contribution in [3.8, 4) is 0 Å². The lowest BCUT2D eigenvalue weighted by Crippen LogP contribution is -2.22. The van der Waals surface area contributed by atoms with E-state index < -0.39 is 23.5 Å². The molecule has 0 spiro atoms. The Morgan fingerprint density at radius 2 is 1.86 bits per heavy atom. The second kappa shape index (κ2) is 6.78. The second-order valence-corrected chi connectivity index (χ2v) is 5.00. The lowest BCUT2D eigenvalue weighted by atomic mass is 10.1. The molecule has 1 unspecified atom stereocenters. The van der Waals surface area contributed by atoms with Crippen LogP contribution >= 0.6 is 11.6 Å². The van der Waals surface area contributed by atoms with Crippen LogP contribution in [0.2, 0.25) is 5.02 Å². The first-order valence-electron chi connectivity index (χ1n) is 6.32. The molecule has 0 N–H and O–H groups in total. The van der Waals surface area contributed by atoms with Gasteiger partial charge in [-0.3, -0.25) is 4.79 Å². The fraction of sp³-hybridized carbons (Fsp3) is 0.188. The Labute approximate surface area is 126 Å². The molecule has 2 nitrogen and oxygen atoms in total. The van der Waals surface area contributed by atoms with Gasteiger partial charge in [0, 0.05) is 11.1 Å². The largest absolute Gasteiger partial charge is 0.366 e. The van der Waals surface area contributed by atoms with Gasteiger partial charge in [-0.15, -0.1) is 0 Å². The van der Waals surface area contributed by atoms with Gasteiger partial charge in [0.25, 0.3) is 0 Å². The van der Waals surface area contributed by atoms with Crippen LogP contribution in [0.15, 0.2) is 42.5 Å². The molecule has 2 aromatic carbocycles. The predicted octanol–water partition coefficient (Wildman–Crippen LogP) is 4.41. The molecule has 0 aliphatic heterocycles. The summed E-state index contributed by atoms with van der Waals surface area (Å²) in [4.78, 5) is 12.0. The van der Waals surface area contributed by atoms with Crippen molar-refractivity contribution in [1.29, 1.82) is 0 Å². The van der Waals surface area contributed by atoms with Gasteiger partial charge in [0.05, 0.1) is 12.2 Å². The highest BCUT2D eigenvalue weighted by Crippen LogP contribution is 2.15. The van der Waals surface area contributed by atoms with Gasteiger partial charge in [-0.05, 0) is 36.8 Å². The van der Waals surface area contributed by atoms with Crippen LogP contribution < -0.4 is 0 Å². The molecule has 2 aromatic rings. The van der Waals surface area contributed by atoms with Crippen molar-refractivity contribution in [2.45, 2.75) is 19.6 Å². The average molecular weight is 311 g/mol. The summed E-state index contributed by atoms with van der Waals surface area (Å²) in [7, 11) is 0. The fourth-order valence-corrected chi connectivity index (χ4v) is 1.91. The van der Waals surface area contributed by atoms with Crippen molar-refractivity contribution < 1.29 is 18.3 Å². The first-order chi connectivity index (χ1) is 9.97. The molecule has 1 atom stereocenters. The Kier molecular flexibility index (Phi) is 5.04. The monoisotopic (exact) mass is 310 g/mol. The Morgan fingerprint density at radius 1 is 1.19 bits per heavy atom. The Bertz CT molecular complexity index is 641.